The maximum Gasteiger partial charge on any atom is 0.264 e. The predicted octanol–water partition coefficient (Wildman–Crippen LogP) is 3.55. The third kappa shape index (κ3) is 5.66. The van der Waals surface area contributed by atoms with Crippen LogP contribution in [0.2, 0.25) is 0 Å². The van der Waals surface area contributed by atoms with Gasteiger partial charge in [-0.25, -0.2) is 0 Å². The molecule has 1 aromatic carbocycles. The summed E-state index contributed by atoms with van der Waals surface area (Å²) in [6.45, 7) is 0.546. The van der Waals surface area contributed by atoms with Gasteiger partial charge in [0.25, 0.3) is 10.1 Å². The van der Waals surface area contributed by atoms with Crippen LogP contribution < -0.4 is 5.32 Å². The summed E-state index contributed by atoms with van der Waals surface area (Å²) in [5, 5.41) is 3.57. The van der Waals surface area contributed by atoms with E-state index in [0.29, 0.717) is 13.0 Å². The summed E-state index contributed by atoms with van der Waals surface area (Å²) < 4.78 is 37.8. The van der Waals surface area contributed by atoms with E-state index in [1.165, 1.54) is 9.99 Å². The quantitative estimate of drug-likeness (QED) is 0.348. The van der Waals surface area contributed by atoms with Crippen molar-refractivity contribution >= 4 is 32.7 Å². The first-order valence-electron chi connectivity index (χ1n) is 8.35. The molecular formula is C17H26INO4S. The minimum absolute atomic E-state index is 0.0690. The Morgan fingerprint density at radius 2 is 1.88 bits per heavy atom. The Morgan fingerprint density at radius 1 is 1.25 bits per heavy atom. The molecule has 0 aromatic heterocycles. The monoisotopic (exact) mass is 467 g/mol. The minimum Gasteiger partial charge on any atom is -0.375 e. The highest BCUT2D eigenvalue weighted by atomic mass is 127. The fourth-order valence-electron chi connectivity index (χ4n) is 3.62. The van der Waals surface area contributed by atoms with Gasteiger partial charge in [-0.1, -0.05) is 31.4 Å². The van der Waals surface area contributed by atoms with Crippen LogP contribution in [0, 0.1) is 3.57 Å². The number of methoxy groups -OCH3 is 1. The molecule has 1 unspecified atom stereocenters. The zero-order valence-corrected chi connectivity index (χ0v) is 17.0. The molecule has 0 bridgehead atoms. The van der Waals surface area contributed by atoms with E-state index in [1.54, 1.807) is 7.11 Å². The predicted molar refractivity (Wildman–Crippen MR) is 104 cm³/mol. The molecule has 0 heterocycles. The lowest BCUT2D eigenvalue weighted by Crippen LogP contribution is -2.52. The number of halogens is 1. The number of hydrogen-bond acceptors (Lipinski definition) is 4. The molecule has 1 aromatic rings. The van der Waals surface area contributed by atoms with Crippen molar-refractivity contribution in [3.63, 3.8) is 0 Å². The lowest BCUT2D eigenvalue weighted by atomic mass is 9.75. The van der Waals surface area contributed by atoms with Crippen molar-refractivity contribution in [3.05, 3.63) is 33.4 Å². The first-order valence-corrected chi connectivity index (χ1v) is 11.0. The third-order valence-electron chi connectivity index (χ3n) is 4.71. The van der Waals surface area contributed by atoms with Gasteiger partial charge in [-0.15, -0.1) is 0 Å². The van der Waals surface area contributed by atoms with Crippen LogP contribution in [-0.4, -0.2) is 37.9 Å². The van der Waals surface area contributed by atoms with Gasteiger partial charge in [-0.3, -0.25) is 4.55 Å². The molecule has 1 saturated carbocycles. The molecular weight excluding hydrogens is 441 g/mol. The molecule has 0 aliphatic heterocycles. The SMILES string of the molecule is COC(c1ccc(I)cc1)C1(NCCCS(=O)(=O)O)CCCCC1. The van der Waals surface area contributed by atoms with Crippen LogP contribution in [0.25, 0.3) is 0 Å². The average molecular weight is 467 g/mol. The summed E-state index contributed by atoms with van der Waals surface area (Å²) >= 11 is 2.29. The molecule has 1 aliphatic carbocycles. The Balaban J connectivity index is 2.13. The normalized spacial score (nSPS) is 19.1. The van der Waals surface area contributed by atoms with Gasteiger partial charge < -0.3 is 10.1 Å². The molecule has 24 heavy (non-hydrogen) atoms. The van der Waals surface area contributed by atoms with Crippen LogP contribution in [0.5, 0.6) is 0 Å². The number of ether oxygens (including phenoxy) is 1. The van der Waals surface area contributed by atoms with Crippen molar-refractivity contribution in [2.45, 2.75) is 50.2 Å². The van der Waals surface area contributed by atoms with E-state index in [4.69, 9.17) is 9.29 Å². The Kier molecular flexibility index (Phi) is 7.48. The van der Waals surface area contributed by atoms with Crippen LogP contribution in [0.1, 0.15) is 50.2 Å². The van der Waals surface area contributed by atoms with E-state index in [0.717, 1.165) is 31.2 Å². The Morgan fingerprint density at radius 3 is 2.42 bits per heavy atom. The van der Waals surface area contributed by atoms with E-state index in [1.807, 2.05) is 0 Å². The van der Waals surface area contributed by atoms with Crippen molar-refractivity contribution in [3.8, 4) is 0 Å². The number of nitrogens with one attached hydrogen (secondary N) is 1. The molecule has 1 atom stereocenters. The van der Waals surface area contributed by atoms with Gasteiger partial charge in [0.05, 0.1) is 5.75 Å². The van der Waals surface area contributed by atoms with Gasteiger partial charge >= 0.3 is 0 Å². The second-order valence-corrected chi connectivity index (χ2v) is 9.27. The van der Waals surface area contributed by atoms with Gasteiger partial charge in [-0.05, 0) is 66.1 Å². The average Bonchev–Trinajstić information content (AvgIpc) is 2.54. The smallest absolute Gasteiger partial charge is 0.264 e. The van der Waals surface area contributed by atoms with Crippen LogP contribution in [0.15, 0.2) is 24.3 Å². The molecule has 2 rings (SSSR count). The van der Waals surface area contributed by atoms with Gasteiger partial charge in [0.15, 0.2) is 0 Å². The number of hydrogen-bond donors (Lipinski definition) is 2. The summed E-state index contributed by atoms with van der Waals surface area (Å²) in [5.74, 6) is -0.211. The number of benzene rings is 1. The molecule has 0 amide bonds. The van der Waals surface area contributed by atoms with Gasteiger partial charge in [0.2, 0.25) is 0 Å². The van der Waals surface area contributed by atoms with Crippen molar-refractivity contribution in [1.29, 1.82) is 0 Å². The van der Waals surface area contributed by atoms with Crippen LogP contribution >= 0.6 is 22.6 Å². The second-order valence-electron chi connectivity index (χ2n) is 6.45. The summed E-state index contributed by atoms with van der Waals surface area (Å²) in [5.41, 5.74) is 0.959. The summed E-state index contributed by atoms with van der Waals surface area (Å²) in [6.07, 6.45) is 5.82. The molecule has 0 spiro atoms. The first-order chi connectivity index (χ1) is 11.4. The molecule has 1 aliphatic rings. The summed E-state index contributed by atoms with van der Waals surface area (Å²) in [4.78, 5) is 0. The Bertz CT molecular complexity index is 612. The van der Waals surface area contributed by atoms with E-state index in [2.05, 4.69) is 52.2 Å². The highest BCUT2D eigenvalue weighted by molar-refractivity contribution is 14.1. The largest absolute Gasteiger partial charge is 0.375 e. The molecule has 7 heteroatoms. The number of rotatable bonds is 8. The topological polar surface area (TPSA) is 75.6 Å². The van der Waals surface area contributed by atoms with E-state index in [-0.39, 0.29) is 17.4 Å². The fourth-order valence-corrected chi connectivity index (χ4v) is 4.49. The molecule has 5 nitrogen and oxygen atoms in total. The van der Waals surface area contributed by atoms with E-state index < -0.39 is 10.1 Å². The highest BCUT2D eigenvalue weighted by Gasteiger charge is 2.40. The zero-order chi connectivity index (χ0) is 17.6. The van der Waals surface area contributed by atoms with Crippen LogP contribution in [-0.2, 0) is 14.9 Å². The minimum atomic E-state index is -3.90. The standard InChI is InChI=1S/C17H26INO4S/c1-23-16(14-6-8-15(18)9-7-14)17(10-3-2-4-11-17)19-12-5-13-24(20,21)22/h6-9,16,19H,2-5,10-13H2,1H3,(H,20,21,22). The van der Waals surface area contributed by atoms with Crippen molar-refractivity contribution in [1.82, 2.24) is 5.32 Å². The highest BCUT2D eigenvalue weighted by Crippen LogP contribution is 2.40. The Labute approximate surface area is 158 Å². The molecule has 2 N–H and O–H groups in total. The summed E-state index contributed by atoms with van der Waals surface area (Å²) in [7, 11) is -2.17. The Hall–Kier alpha value is -0.220. The third-order valence-corrected chi connectivity index (χ3v) is 6.24. The van der Waals surface area contributed by atoms with Crippen molar-refractivity contribution in [2.75, 3.05) is 19.4 Å². The van der Waals surface area contributed by atoms with Crippen molar-refractivity contribution < 1.29 is 17.7 Å². The van der Waals surface area contributed by atoms with E-state index >= 15 is 0 Å². The second kappa shape index (κ2) is 8.93. The molecule has 0 saturated heterocycles. The maximum atomic E-state index is 10.9. The van der Waals surface area contributed by atoms with Crippen molar-refractivity contribution in [2.24, 2.45) is 0 Å². The fraction of sp³-hybridized carbons (Fsp3) is 0.647. The van der Waals surface area contributed by atoms with Gasteiger partial charge in [-0.2, -0.15) is 8.42 Å². The first kappa shape index (κ1) is 20.1. The maximum absolute atomic E-state index is 10.9. The lowest BCUT2D eigenvalue weighted by molar-refractivity contribution is -0.00459. The van der Waals surface area contributed by atoms with Gasteiger partial charge in [0.1, 0.15) is 6.10 Å². The summed E-state index contributed by atoms with van der Waals surface area (Å²) in [6, 6.07) is 8.37. The van der Waals surface area contributed by atoms with E-state index in [9.17, 15) is 8.42 Å². The van der Waals surface area contributed by atoms with Gasteiger partial charge in [0, 0.05) is 16.2 Å². The van der Waals surface area contributed by atoms with Crippen LogP contribution in [0.4, 0.5) is 0 Å². The molecule has 136 valence electrons. The van der Waals surface area contributed by atoms with Crippen LogP contribution in [0.3, 0.4) is 0 Å². The lowest BCUT2D eigenvalue weighted by Gasteiger charge is -2.44. The molecule has 1 fully saturated rings. The zero-order valence-electron chi connectivity index (χ0n) is 14.0. The molecule has 0 radical (unpaired) electrons.